The topological polar surface area (TPSA) is 15.7 Å². The predicted octanol–water partition coefficient (Wildman–Crippen LogP) is 2.85. The van der Waals surface area contributed by atoms with Crippen LogP contribution in [0.15, 0.2) is 10.9 Å². The molecule has 0 aromatic rings. The molecule has 1 heterocycles. The maximum Gasteiger partial charge on any atom is 0.148 e. The molecular formula is C14H29ClN2OSi. The fourth-order valence-electron chi connectivity index (χ4n) is 2.76. The van der Waals surface area contributed by atoms with Crippen molar-refractivity contribution in [2.75, 3.05) is 13.8 Å². The Hall–Kier alpha value is -0.193. The summed E-state index contributed by atoms with van der Waals surface area (Å²) in [5, 5.41) is 0.866. The first kappa shape index (κ1) is 16.9. The normalized spacial score (nSPS) is 24.8. The summed E-state index contributed by atoms with van der Waals surface area (Å²) >= 11 is 6.63. The Morgan fingerprint density at radius 2 is 1.95 bits per heavy atom. The van der Waals surface area contributed by atoms with Gasteiger partial charge in [0, 0.05) is 12.5 Å². The Morgan fingerprint density at radius 1 is 1.37 bits per heavy atom. The second-order valence-corrected chi connectivity index (χ2v) is 7.55. The van der Waals surface area contributed by atoms with E-state index in [2.05, 4.69) is 51.5 Å². The Bertz CT molecular complexity index is 354. The van der Waals surface area contributed by atoms with Gasteiger partial charge in [-0.3, -0.25) is 0 Å². The van der Waals surface area contributed by atoms with Crippen LogP contribution in [0.25, 0.3) is 0 Å². The van der Waals surface area contributed by atoms with E-state index in [0.717, 1.165) is 22.1 Å². The zero-order chi connectivity index (χ0) is 14.8. The maximum absolute atomic E-state index is 6.63. The van der Waals surface area contributed by atoms with Gasteiger partial charge in [-0.05, 0) is 19.8 Å². The summed E-state index contributed by atoms with van der Waals surface area (Å²) in [6.07, 6.45) is 3.49. The largest absolute Gasteiger partial charge is 0.411 e. The molecule has 1 aliphatic heterocycles. The molecule has 1 unspecified atom stereocenters. The summed E-state index contributed by atoms with van der Waals surface area (Å²) in [7, 11) is 2.84. The van der Waals surface area contributed by atoms with Gasteiger partial charge in [0.25, 0.3) is 0 Å². The predicted molar refractivity (Wildman–Crippen MR) is 85.8 cm³/mol. The lowest BCUT2D eigenvalue weighted by atomic mass is 9.91. The molecule has 0 aromatic carbocycles. The van der Waals surface area contributed by atoms with E-state index in [1.54, 1.807) is 0 Å². The third-order valence-electron chi connectivity index (χ3n) is 4.04. The van der Waals surface area contributed by atoms with Crippen molar-refractivity contribution in [2.45, 2.75) is 59.5 Å². The Balaban J connectivity index is 3.17. The van der Waals surface area contributed by atoms with Crippen molar-refractivity contribution in [1.29, 1.82) is 0 Å². The Morgan fingerprint density at radius 3 is 2.37 bits per heavy atom. The molecule has 1 atom stereocenters. The quantitative estimate of drug-likeness (QED) is 0.574. The summed E-state index contributed by atoms with van der Waals surface area (Å²) in [6, 6.07) is 0. The number of nitrogens with zero attached hydrogens (tertiary/aromatic N) is 2. The van der Waals surface area contributed by atoms with Crippen LogP contribution in [-0.2, 0) is 4.43 Å². The molecule has 0 N–H and O–H groups in total. The van der Waals surface area contributed by atoms with E-state index in [1.165, 1.54) is 18.5 Å². The van der Waals surface area contributed by atoms with Crippen molar-refractivity contribution in [3.8, 4) is 0 Å². The van der Waals surface area contributed by atoms with Gasteiger partial charge in [0.1, 0.15) is 28.0 Å². The van der Waals surface area contributed by atoms with Crippen LogP contribution in [0.5, 0.6) is 0 Å². The average Bonchev–Trinajstić information content (AvgIpc) is 2.49. The van der Waals surface area contributed by atoms with Gasteiger partial charge in [0.2, 0.25) is 0 Å². The van der Waals surface area contributed by atoms with Gasteiger partial charge >= 0.3 is 0 Å². The first-order chi connectivity index (χ1) is 8.70. The number of halogens is 1. The van der Waals surface area contributed by atoms with Crippen molar-refractivity contribution >= 4 is 22.1 Å². The average molecular weight is 305 g/mol. The Kier molecular flexibility index (Phi) is 5.38. The summed E-state index contributed by atoms with van der Waals surface area (Å²) in [5.74, 6) is 0. The molecule has 0 aromatic heterocycles. The minimum atomic E-state index is -0.0693. The van der Waals surface area contributed by atoms with Crippen LogP contribution >= 0.6 is 11.6 Å². The molecule has 5 heteroatoms. The molecule has 0 saturated heterocycles. The monoisotopic (exact) mass is 304 g/mol. The first-order valence-electron chi connectivity index (χ1n) is 7.10. The van der Waals surface area contributed by atoms with E-state index in [4.69, 9.17) is 16.0 Å². The van der Waals surface area contributed by atoms with Crippen LogP contribution in [0.4, 0.5) is 0 Å². The van der Waals surface area contributed by atoms with Crippen LogP contribution in [-0.4, -0.2) is 39.7 Å². The van der Waals surface area contributed by atoms with Gasteiger partial charge in [-0.2, -0.15) is 0 Å². The number of unbranched alkanes of at least 4 members (excludes halogenated alkanes) is 1. The molecule has 0 bridgehead atoms. The SMILES string of the molecule is CCCCC1(C)N(C)C(Cl)=C(C(C)(C)C)N1CO[SiH3]. The van der Waals surface area contributed by atoms with Crippen LogP contribution in [0, 0.1) is 5.41 Å². The van der Waals surface area contributed by atoms with E-state index >= 15 is 0 Å². The van der Waals surface area contributed by atoms with Crippen molar-refractivity contribution in [2.24, 2.45) is 5.41 Å². The smallest absolute Gasteiger partial charge is 0.148 e. The molecule has 0 spiro atoms. The van der Waals surface area contributed by atoms with Crippen LogP contribution in [0.1, 0.15) is 53.9 Å². The number of rotatable bonds is 5. The first-order valence-corrected chi connectivity index (χ1v) is 8.30. The van der Waals surface area contributed by atoms with Crippen LogP contribution in [0.2, 0.25) is 0 Å². The second-order valence-electron chi connectivity index (χ2n) is 6.61. The van der Waals surface area contributed by atoms with Crippen molar-refractivity contribution in [3.63, 3.8) is 0 Å². The van der Waals surface area contributed by atoms with E-state index < -0.39 is 0 Å². The second kappa shape index (κ2) is 6.06. The minimum absolute atomic E-state index is 0.0232. The fraction of sp³-hybridized carbons (Fsp3) is 0.857. The van der Waals surface area contributed by atoms with Gasteiger partial charge in [-0.1, -0.05) is 45.7 Å². The zero-order valence-corrected chi connectivity index (χ0v) is 16.3. The molecule has 0 fully saturated rings. The number of hydrogen-bond donors (Lipinski definition) is 0. The van der Waals surface area contributed by atoms with E-state index in [0.29, 0.717) is 6.73 Å². The molecular weight excluding hydrogens is 276 g/mol. The summed E-state index contributed by atoms with van der Waals surface area (Å²) in [6.45, 7) is 11.8. The fourth-order valence-corrected chi connectivity index (χ4v) is 3.59. The summed E-state index contributed by atoms with van der Waals surface area (Å²) in [5.41, 5.74) is 1.15. The number of hydrogen-bond acceptors (Lipinski definition) is 3. The summed E-state index contributed by atoms with van der Waals surface area (Å²) in [4.78, 5) is 4.57. The van der Waals surface area contributed by atoms with E-state index in [1.807, 2.05) is 0 Å². The van der Waals surface area contributed by atoms with Gasteiger partial charge in [0.05, 0.1) is 5.70 Å². The van der Waals surface area contributed by atoms with Gasteiger partial charge < -0.3 is 14.2 Å². The van der Waals surface area contributed by atoms with Crippen LogP contribution < -0.4 is 0 Å². The molecule has 0 amide bonds. The lowest BCUT2D eigenvalue weighted by Gasteiger charge is -2.44. The van der Waals surface area contributed by atoms with Gasteiger partial charge in [-0.25, -0.2) is 0 Å². The lowest BCUT2D eigenvalue weighted by molar-refractivity contribution is -0.0114. The zero-order valence-electron chi connectivity index (χ0n) is 13.5. The maximum atomic E-state index is 6.63. The van der Waals surface area contributed by atoms with Gasteiger partial charge in [-0.15, -0.1) is 0 Å². The minimum Gasteiger partial charge on any atom is -0.411 e. The highest BCUT2D eigenvalue weighted by Gasteiger charge is 2.47. The third-order valence-corrected chi connectivity index (χ3v) is 4.73. The van der Waals surface area contributed by atoms with Crippen molar-refractivity contribution < 1.29 is 4.43 Å². The molecule has 19 heavy (non-hydrogen) atoms. The molecule has 0 radical (unpaired) electrons. The van der Waals surface area contributed by atoms with E-state index in [-0.39, 0.29) is 11.1 Å². The molecule has 0 aliphatic carbocycles. The van der Waals surface area contributed by atoms with Crippen molar-refractivity contribution in [1.82, 2.24) is 9.80 Å². The highest BCUT2D eigenvalue weighted by atomic mass is 35.5. The standard InChI is InChI=1S/C14H29ClN2OSi/c1-7-8-9-14(5)16(6)12(15)11(13(2,3)4)17(14)10-18-19/h7-10H2,1-6,19H3. The van der Waals surface area contributed by atoms with E-state index in [9.17, 15) is 0 Å². The molecule has 3 nitrogen and oxygen atoms in total. The Labute approximate surface area is 126 Å². The van der Waals surface area contributed by atoms with Crippen molar-refractivity contribution in [3.05, 3.63) is 10.9 Å². The molecule has 1 rings (SSSR count). The highest BCUT2D eigenvalue weighted by Crippen LogP contribution is 2.47. The highest BCUT2D eigenvalue weighted by molar-refractivity contribution is 6.29. The lowest BCUT2D eigenvalue weighted by Crippen LogP contribution is -2.52. The number of allylic oxidation sites excluding steroid dienone is 1. The molecule has 112 valence electrons. The van der Waals surface area contributed by atoms with Gasteiger partial charge in [0.15, 0.2) is 0 Å². The van der Waals surface area contributed by atoms with Crippen LogP contribution in [0.3, 0.4) is 0 Å². The third kappa shape index (κ3) is 3.11. The molecule has 1 aliphatic rings. The summed E-state index contributed by atoms with van der Waals surface area (Å²) < 4.78 is 5.57. The molecule has 0 saturated carbocycles.